The molecule has 0 heterocycles. The number of aliphatic hydroxyl groups excluding tert-OH is 1. The minimum Gasteiger partial charge on any atom is -0.462 e. The van der Waals surface area contributed by atoms with E-state index in [1.807, 2.05) is 0 Å². The fraction of sp³-hybridized carbons (Fsp3) is 0.952. The Hall–Kier alpha value is -1.94. The van der Waals surface area contributed by atoms with Gasteiger partial charge in [0.2, 0.25) is 0 Å². The summed E-state index contributed by atoms with van der Waals surface area (Å²) in [5.41, 5.74) is 0. The number of aliphatic hydroxyl groups is 1. The molecule has 0 bridgehead atoms. The van der Waals surface area contributed by atoms with E-state index in [9.17, 15) is 43.2 Å². The highest BCUT2D eigenvalue weighted by Crippen LogP contribution is 2.45. The Bertz CT molecular complexity index is 1990. The van der Waals surface area contributed by atoms with Crippen LogP contribution in [0.15, 0.2) is 0 Å². The van der Waals surface area contributed by atoms with Crippen LogP contribution in [0, 0.1) is 23.7 Å². The van der Waals surface area contributed by atoms with Crippen molar-refractivity contribution in [3.05, 3.63) is 0 Å². The van der Waals surface area contributed by atoms with Crippen LogP contribution in [0.1, 0.15) is 428 Å². The zero-order valence-electron chi connectivity index (χ0n) is 67.2. The first-order valence-electron chi connectivity index (χ1n) is 42.7. The van der Waals surface area contributed by atoms with Crippen molar-refractivity contribution in [3.8, 4) is 0 Å². The maximum Gasteiger partial charge on any atom is 0.472 e. The number of rotatable bonds is 80. The second kappa shape index (κ2) is 72.0. The van der Waals surface area contributed by atoms with E-state index in [0.29, 0.717) is 25.7 Å². The number of carbonyl (C=O) groups is 4. The number of unbranched alkanes of at least 4 members (excludes halogenated alkanes) is 45. The minimum absolute atomic E-state index is 0.106. The molecule has 3 N–H and O–H groups in total. The number of esters is 4. The third-order valence-electron chi connectivity index (χ3n) is 19.7. The largest absolute Gasteiger partial charge is 0.472 e. The van der Waals surface area contributed by atoms with E-state index >= 15 is 0 Å². The molecule has 0 aliphatic carbocycles. The molecule has 17 nitrogen and oxygen atoms in total. The van der Waals surface area contributed by atoms with Gasteiger partial charge in [-0.2, -0.15) is 0 Å². The molecule has 0 aliphatic rings. The van der Waals surface area contributed by atoms with Crippen molar-refractivity contribution >= 4 is 39.5 Å². The van der Waals surface area contributed by atoms with Crippen LogP contribution in [0.3, 0.4) is 0 Å². The molecular weight excluding hydrogens is 1330 g/mol. The number of hydrogen-bond donors (Lipinski definition) is 3. The normalized spacial score (nSPS) is 14.3. The molecule has 0 saturated carbocycles. The second-order valence-corrected chi connectivity index (χ2v) is 34.4. The third kappa shape index (κ3) is 74.9. The molecule has 102 heavy (non-hydrogen) atoms. The lowest BCUT2D eigenvalue weighted by Gasteiger charge is -2.21. The smallest absolute Gasteiger partial charge is 0.462 e. The van der Waals surface area contributed by atoms with Crippen molar-refractivity contribution in [1.29, 1.82) is 0 Å². The highest BCUT2D eigenvalue weighted by Gasteiger charge is 2.30. The Morgan fingerprint density at radius 2 is 0.471 bits per heavy atom. The third-order valence-corrected chi connectivity index (χ3v) is 21.6. The lowest BCUT2D eigenvalue weighted by atomic mass is 9.99. The van der Waals surface area contributed by atoms with E-state index < -0.39 is 97.5 Å². The van der Waals surface area contributed by atoms with E-state index in [4.69, 9.17) is 37.0 Å². The predicted molar refractivity (Wildman–Crippen MR) is 418 cm³/mol. The molecule has 606 valence electrons. The van der Waals surface area contributed by atoms with Gasteiger partial charge in [-0.15, -0.1) is 0 Å². The zero-order valence-corrected chi connectivity index (χ0v) is 69.0. The highest BCUT2D eigenvalue weighted by atomic mass is 31.2. The van der Waals surface area contributed by atoms with Crippen LogP contribution in [0.5, 0.6) is 0 Å². The summed E-state index contributed by atoms with van der Waals surface area (Å²) in [6.07, 6.45) is 59.6. The van der Waals surface area contributed by atoms with Crippen molar-refractivity contribution in [2.45, 2.75) is 446 Å². The summed E-state index contributed by atoms with van der Waals surface area (Å²) in [6.45, 7) is 14.3. The van der Waals surface area contributed by atoms with Crippen molar-refractivity contribution in [2.75, 3.05) is 39.6 Å². The molecule has 3 unspecified atom stereocenters. The predicted octanol–water partition coefficient (Wildman–Crippen LogP) is 24.8. The minimum atomic E-state index is -4.96. The Kier molecular flexibility index (Phi) is 70.6. The summed E-state index contributed by atoms with van der Waals surface area (Å²) >= 11 is 0. The van der Waals surface area contributed by atoms with Gasteiger partial charge in [0, 0.05) is 25.7 Å². The van der Waals surface area contributed by atoms with Gasteiger partial charge in [-0.3, -0.25) is 37.3 Å². The Morgan fingerprint density at radius 1 is 0.275 bits per heavy atom. The molecule has 0 spiro atoms. The van der Waals surface area contributed by atoms with E-state index in [1.165, 1.54) is 231 Å². The summed E-state index contributed by atoms with van der Waals surface area (Å²) in [5, 5.41) is 10.7. The van der Waals surface area contributed by atoms with Gasteiger partial charge in [0.1, 0.15) is 19.3 Å². The average Bonchev–Trinajstić information content (AvgIpc) is 0.909. The van der Waals surface area contributed by atoms with E-state index in [1.54, 1.807) is 0 Å². The Morgan fingerprint density at radius 3 is 0.696 bits per heavy atom. The summed E-state index contributed by atoms with van der Waals surface area (Å²) < 4.78 is 68.8. The maximum atomic E-state index is 13.1. The Balaban J connectivity index is 5.25. The molecule has 6 atom stereocenters. The maximum absolute atomic E-state index is 13.1. The summed E-state index contributed by atoms with van der Waals surface area (Å²) in [6, 6.07) is 0. The Labute approximate surface area is 626 Å². The molecular formula is C83H162O17P2. The molecule has 0 amide bonds. The molecule has 19 heteroatoms. The first kappa shape index (κ1) is 100. The molecule has 0 aliphatic heterocycles. The van der Waals surface area contributed by atoms with Crippen molar-refractivity contribution in [1.82, 2.24) is 0 Å². The molecule has 0 aromatic heterocycles. The van der Waals surface area contributed by atoms with Crippen LogP contribution in [0.25, 0.3) is 0 Å². The number of hydrogen-bond acceptors (Lipinski definition) is 15. The van der Waals surface area contributed by atoms with Gasteiger partial charge in [-0.25, -0.2) is 9.13 Å². The fourth-order valence-corrected chi connectivity index (χ4v) is 14.3. The van der Waals surface area contributed by atoms with Crippen LogP contribution < -0.4 is 0 Å². The highest BCUT2D eigenvalue weighted by molar-refractivity contribution is 7.47. The van der Waals surface area contributed by atoms with Crippen LogP contribution in [0.4, 0.5) is 0 Å². The molecule has 0 aromatic rings. The first-order chi connectivity index (χ1) is 49.1. The summed E-state index contributed by atoms with van der Waals surface area (Å²) in [5.74, 6) is 1.03. The van der Waals surface area contributed by atoms with Gasteiger partial charge in [-0.05, 0) is 49.4 Å². The number of ether oxygens (including phenoxy) is 4. The van der Waals surface area contributed by atoms with Gasteiger partial charge in [-0.1, -0.05) is 376 Å². The van der Waals surface area contributed by atoms with Crippen molar-refractivity contribution in [3.63, 3.8) is 0 Å². The molecule has 0 saturated heterocycles. The lowest BCUT2D eigenvalue weighted by Crippen LogP contribution is -2.30. The molecule has 0 fully saturated rings. The van der Waals surface area contributed by atoms with Crippen molar-refractivity contribution < 1.29 is 80.2 Å². The monoisotopic (exact) mass is 1490 g/mol. The van der Waals surface area contributed by atoms with Gasteiger partial charge in [0.15, 0.2) is 12.2 Å². The van der Waals surface area contributed by atoms with Crippen LogP contribution in [-0.4, -0.2) is 96.7 Å². The van der Waals surface area contributed by atoms with Crippen LogP contribution in [0.2, 0.25) is 0 Å². The van der Waals surface area contributed by atoms with Crippen molar-refractivity contribution in [2.24, 2.45) is 23.7 Å². The number of carbonyl (C=O) groups excluding carboxylic acids is 4. The summed E-state index contributed by atoms with van der Waals surface area (Å²) in [7, 11) is -9.93. The van der Waals surface area contributed by atoms with E-state index in [0.717, 1.165) is 114 Å². The molecule has 0 rings (SSSR count). The molecule has 0 radical (unpaired) electrons. The van der Waals surface area contributed by atoms with E-state index in [-0.39, 0.29) is 25.7 Å². The van der Waals surface area contributed by atoms with Gasteiger partial charge >= 0.3 is 39.5 Å². The number of phosphoric acid groups is 2. The SMILES string of the molecule is CCC(C)CCCCCCCCCCC(=O)OC[C@H](COP(=O)(O)OC[C@H](O)COP(=O)(O)OC[C@@H](COC(=O)CCCCCCCCCCCCCCC(C)C)OC(=O)CCCCCCCCCCCCCCCCCCCCC(C)C)OC(=O)CCCCCCCCCCCCCC(C)C. The zero-order chi connectivity index (χ0) is 75.3. The fourth-order valence-electron chi connectivity index (χ4n) is 12.8. The first-order valence-corrected chi connectivity index (χ1v) is 45.7. The second-order valence-electron chi connectivity index (χ2n) is 31.5. The lowest BCUT2D eigenvalue weighted by molar-refractivity contribution is -0.161. The number of phosphoric ester groups is 2. The van der Waals surface area contributed by atoms with Crippen LogP contribution >= 0.6 is 15.6 Å². The van der Waals surface area contributed by atoms with Gasteiger partial charge in [0.05, 0.1) is 26.4 Å². The van der Waals surface area contributed by atoms with Crippen LogP contribution in [-0.2, 0) is 65.4 Å². The topological polar surface area (TPSA) is 237 Å². The summed E-state index contributed by atoms with van der Waals surface area (Å²) in [4.78, 5) is 73.1. The molecule has 0 aromatic carbocycles. The standard InChI is InChI=1S/C83H162O17P2/c1-9-76(8)62-54-46-38-33-34-40-48-56-64-81(86)94-70-79(100-83(88)66-58-50-42-32-26-20-23-29-37-45-53-61-75(6)7)72-98-102(91,92)96-68-77(84)67-95-101(89,90)97-71-78(69-93-80(85)63-55-47-39-30-24-19-18-22-28-36-44-52-60-74(4)5)99-82(87)65-57-49-41-31-25-17-15-13-11-10-12-14-16-21-27-35-43-51-59-73(2)3/h73-79,84H,9-72H2,1-8H3,(H,89,90)(H,91,92)/t76?,77-,78-,79-/m1/s1. The van der Waals surface area contributed by atoms with Gasteiger partial charge < -0.3 is 33.8 Å². The van der Waals surface area contributed by atoms with E-state index in [2.05, 4.69) is 55.4 Å². The average molecular weight is 1490 g/mol. The quantitative estimate of drug-likeness (QED) is 0.0222. The van der Waals surface area contributed by atoms with Gasteiger partial charge in [0.25, 0.3) is 0 Å².